The molecule has 0 spiro atoms. The lowest BCUT2D eigenvalue weighted by atomic mass is 10.0. The predicted octanol–water partition coefficient (Wildman–Crippen LogP) is 4.09. The Morgan fingerprint density at radius 3 is 2.30 bits per heavy atom. The largest absolute Gasteiger partial charge is 0.497 e. The first-order chi connectivity index (χ1) is 12.6. The molecule has 0 aliphatic carbocycles. The number of carbonyl (C=O) groups is 2. The molecule has 0 unspecified atom stereocenters. The van der Waals surface area contributed by atoms with E-state index in [-0.39, 0.29) is 4.08 Å². The lowest BCUT2D eigenvalue weighted by molar-refractivity contribution is -0.139. The summed E-state index contributed by atoms with van der Waals surface area (Å²) in [6.07, 6.45) is 0.238. The second-order valence-corrected chi connectivity index (χ2v) is 10.3. The number of amides is 1. The molecule has 1 saturated heterocycles. The van der Waals surface area contributed by atoms with Crippen LogP contribution in [0.3, 0.4) is 0 Å². The number of hydrogen-bond acceptors (Lipinski definition) is 6. The van der Waals surface area contributed by atoms with Crippen LogP contribution in [0.25, 0.3) is 0 Å². The first-order valence-electron chi connectivity index (χ1n) is 8.80. The van der Waals surface area contributed by atoms with E-state index in [9.17, 15) is 14.7 Å². The van der Waals surface area contributed by atoms with Crippen LogP contribution < -0.4 is 10.1 Å². The van der Waals surface area contributed by atoms with Crippen molar-refractivity contribution in [2.45, 2.75) is 49.3 Å². The molecule has 6 nitrogen and oxygen atoms in total. The average Bonchev–Trinajstić information content (AvgIpc) is 3.07. The highest BCUT2D eigenvalue weighted by molar-refractivity contribution is 8.20. The van der Waals surface area contributed by atoms with Gasteiger partial charge in [-0.25, -0.2) is 9.59 Å². The second kappa shape index (κ2) is 9.10. The number of alkyl carbamates (subject to hydrolysis) is 1. The average molecular weight is 414 g/mol. The first-order valence-corrected chi connectivity index (χ1v) is 10.8. The number of carboxylic acid groups (broad SMARTS) is 1. The smallest absolute Gasteiger partial charge is 0.408 e. The van der Waals surface area contributed by atoms with Gasteiger partial charge in [0.15, 0.2) is 0 Å². The van der Waals surface area contributed by atoms with Gasteiger partial charge in [-0.15, -0.1) is 23.5 Å². The van der Waals surface area contributed by atoms with Crippen LogP contribution in [0.4, 0.5) is 4.79 Å². The second-order valence-electron chi connectivity index (χ2n) is 7.25. The standard InChI is InChI=1S/C19H27NO5S2/c1-18(2,3)25-17(23)20-15(16(21)22)9-10-19(26-11-12-27-19)13-5-7-14(24-4)8-6-13/h5-8,15H,9-12H2,1-4H3,(H,20,23)(H,21,22)/t15-/m0/s1. The van der Waals surface area contributed by atoms with Gasteiger partial charge >= 0.3 is 12.1 Å². The molecule has 1 aliphatic rings. The Morgan fingerprint density at radius 1 is 1.22 bits per heavy atom. The molecular weight excluding hydrogens is 386 g/mol. The Balaban J connectivity index is 2.07. The first kappa shape index (κ1) is 21.8. The number of aliphatic carboxylic acids is 1. The summed E-state index contributed by atoms with van der Waals surface area (Å²) < 4.78 is 10.2. The highest BCUT2D eigenvalue weighted by Gasteiger charge is 2.38. The lowest BCUT2D eigenvalue weighted by Gasteiger charge is -2.29. The molecule has 150 valence electrons. The Labute approximate surface area is 168 Å². The van der Waals surface area contributed by atoms with E-state index < -0.39 is 23.7 Å². The molecule has 0 saturated carbocycles. The van der Waals surface area contributed by atoms with Gasteiger partial charge in [-0.2, -0.15) is 0 Å². The summed E-state index contributed by atoms with van der Waals surface area (Å²) in [7, 11) is 1.63. The number of methoxy groups -OCH3 is 1. The summed E-state index contributed by atoms with van der Waals surface area (Å²) in [5, 5.41) is 12.0. The minimum Gasteiger partial charge on any atom is -0.497 e. The summed E-state index contributed by atoms with van der Waals surface area (Å²) in [6.45, 7) is 5.23. The van der Waals surface area contributed by atoms with Crippen LogP contribution in [-0.2, 0) is 13.6 Å². The van der Waals surface area contributed by atoms with Crippen molar-refractivity contribution in [2.24, 2.45) is 0 Å². The molecule has 1 atom stereocenters. The zero-order valence-electron chi connectivity index (χ0n) is 16.1. The molecule has 1 amide bonds. The molecule has 8 heteroatoms. The van der Waals surface area contributed by atoms with Crippen molar-refractivity contribution in [1.29, 1.82) is 0 Å². The van der Waals surface area contributed by atoms with Crippen LogP contribution in [-0.4, -0.2) is 47.4 Å². The fourth-order valence-corrected chi connectivity index (χ4v) is 6.09. The minimum atomic E-state index is -1.06. The van der Waals surface area contributed by atoms with E-state index in [1.165, 1.54) is 0 Å². The van der Waals surface area contributed by atoms with Gasteiger partial charge in [0, 0.05) is 11.5 Å². The maximum absolute atomic E-state index is 12.0. The number of rotatable bonds is 7. The number of hydrogen-bond donors (Lipinski definition) is 2. The SMILES string of the molecule is COc1ccc(C2(CC[C@H](NC(=O)OC(C)(C)C)C(=O)O)SCCS2)cc1. The van der Waals surface area contributed by atoms with Gasteiger partial charge in [0.1, 0.15) is 17.4 Å². The van der Waals surface area contributed by atoms with E-state index in [1.54, 1.807) is 27.9 Å². The molecular formula is C19H27NO5S2. The van der Waals surface area contributed by atoms with Gasteiger partial charge in [0.25, 0.3) is 0 Å². The van der Waals surface area contributed by atoms with Gasteiger partial charge in [-0.05, 0) is 51.3 Å². The summed E-state index contributed by atoms with van der Waals surface area (Å²) in [5.74, 6) is 1.75. The van der Waals surface area contributed by atoms with Crippen LogP contribution in [0, 0.1) is 0 Å². The molecule has 27 heavy (non-hydrogen) atoms. The predicted molar refractivity (Wildman–Crippen MR) is 110 cm³/mol. The van der Waals surface area contributed by atoms with E-state index in [4.69, 9.17) is 9.47 Å². The molecule has 0 bridgehead atoms. The van der Waals surface area contributed by atoms with E-state index in [2.05, 4.69) is 5.32 Å². The van der Waals surface area contributed by atoms with Gasteiger partial charge in [-0.1, -0.05) is 12.1 Å². The van der Waals surface area contributed by atoms with Gasteiger partial charge in [0.05, 0.1) is 11.2 Å². The molecule has 1 fully saturated rings. The summed E-state index contributed by atoms with van der Waals surface area (Å²) >= 11 is 3.65. The van der Waals surface area contributed by atoms with Crippen LogP contribution in [0.2, 0.25) is 0 Å². The molecule has 2 N–H and O–H groups in total. The lowest BCUT2D eigenvalue weighted by Crippen LogP contribution is -2.44. The fourth-order valence-electron chi connectivity index (χ4n) is 2.80. The monoisotopic (exact) mass is 413 g/mol. The van der Waals surface area contributed by atoms with E-state index in [1.807, 2.05) is 47.8 Å². The Morgan fingerprint density at radius 2 is 1.81 bits per heavy atom. The molecule has 0 aromatic heterocycles. The van der Waals surface area contributed by atoms with Crippen molar-refractivity contribution in [2.75, 3.05) is 18.6 Å². The number of ether oxygens (including phenoxy) is 2. The third-order valence-electron chi connectivity index (χ3n) is 4.03. The van der Waals surface area contributed by atoms with E-state index >= 15 is 0 Å². The zero-order valence-corrected chi connectivity index (χ0v) is 17.7. The van der Waals surface area contributed by atoms with Gasteiger partial charge in [0.2, 0.25) is 0 Å². The highest BCUT2D eigenvalue weighted by Crippen LogP contribution is 2.55. The van der Waals surface area contributed by atoms with E-state index in [0.29, 0.717) is 12.8 Å². The highest BCUT2D eigenvalue weighted by atomic mass is 32.2. The van der Waals surface area contributed by atoms with Crippen molar-refractivity contribution in [3.63, 3.8) is 0 Å². The van der Waals surface area contributed by atoms with Crippen molar-refractivity contribution < 1.29 is 24.2 Å². The number of carboxylic acids is 1. The molecule has 1 heterocycles. The fraction of sp³-hybridized carbons (Fsp3) is 0.579. The minimum absolute atomic E-state index is 0.213. The molecule has 2 rings (SSSR count). The van der Waals surface area contributed by atoms with Gasteiger partial charge < -0.3 is 19.9 Å². The topological polar surface area (TPSA) is 84.9 Å². The van der Waals surface area contributed by atoms with Crippen molar-refractivity contribution >= 4 is 35.6 Å². The Kier molecular flexibility index (Phi) is 7.33. The van der Waals surface area contributed by atoms with Crippen molar-refractivity contribution in [3.8, 4) is 5.75 Å². The maximum Gasteiger partial charge on any atom is 0.408 e. The Hall–Kier alpha value is -1.54. The Bertz CT molecular complexity index is 651. The molecule has 0 radical (unpaired) electrons. The summed E-state index contributed by atoms with van der Waals surface area (Å²) in [5.41, 5.74) is 0.464. The molecule has 1 aliphatic heterocycles. The van der Waals surface area contributed by atoms with Crippen LogP contribution in [0.1, 0.15) is 39.2 Å². The molecule has 1 aromatic rings. The third-order valence-corrected chi connectivity index (χ3v) is 7.63. The van der Waals surface area contributed by atoms with Crippen LogP contribution >= 0.6 is 23.5 Å². The third kappa shape index (κ3) is 6.24. The van der Waals surface area contributed by atoms with Crippen molar-refractivity contribution in [3.05, 3.63) is 29.8 Å². The number of carbonyl (C=O) groups excluding carboxylic acids is 1. The number of nitrogens with one attached hydrogen (secondary N) is 1. The van der Waals surface area contributed by atoms with Crippen molar-refractivity contribution in [1.82, 2.24) is 5.32 Å². The molecule has 1 aromatic carbocycles. The van der Waals surface area contributed by atoms with Crippen LogP contribution in [0.15, 0.2) is 24.3 Å². The quantitative estimate of drug-likeness (QED) is 0.696. The van der Waals surface area contributed by atoms with Crippen LogP contribution in [0.5, 0.6) is 5.75 Å². The van der Waals surface area contributed by atoms with E-state index in [0.717, 1.165) is 22.8 Å². The number of benzene rings is 1. The summed E-state index contributed by atoms with van der Waals surface area (Å²) in [4.78, 5) is 23.6. The maximum atomic E-state index is 12.0. The normalized spacial score (nSPS) is 17.2. The van der Waals surface area contributed by atoms with Gasteiger partial charge in [-0.3, -0.25) is 0 Å². The zero-order chi connectivity index (χ0) is 20.1. The summed E-state index contributed by atoms with van der Waals surface area (Å²) in [6, 6.07) is 6.91. The number of thioether (sulfide) groups is 2.